The lowest BCUT2D eigenvalue weighted by atomic mass is 10.3. The Balaban J connectivity index is 0.000000371. The van der Waals surface area contributed by atoms with Gasteiger partial charge in [0.2, 0.25) is 0 Å². The van der Waals surface area contributed by atoms with E-state index in [2.05, 4.69) is 9.24 Å². The van der Waals surface area contributed by atoms with Gasteiger partial charge >= 0.3 is 0 Å². The van der Waals surface area contributed by atoms with Gasteiger partial charge in [-0.1, -0.05) is 13.8 Å². The molecule has 2 unspecified atom stereocenters. The number of hydrogen-bond acceptors (Lipinski definition) is 2. The fourth-order valence-electron chi connectivity index (χ4n) is 0.803. The SMILES string of the molecule is CC.N=C1CCC(P)C1=N. The molecule has 1 aliphatic rings. The predicted molar refractivity (Wildman–Crippen MR) is 49.5 cm³/mol. The Bertz CT molecular complexity index is 143. The van der Waals surface area contributed by atoms with Crippen LogP contribution in [0.5, 0.6) is 0 Å². The third kappa shape index (κ3) is 2.18. The van der Waals surface area contributed by atoms with Crippen LogP contribution in [0.15, 0.2) is 0 Å². The van der Waals surface area contributed by atoms with Crippen molar-refractivity contribution < 1.29 is 0 Å². The van der Waals surface area contributed by atoms with Gasteiger partial charge in [-0.2, -0.15) is 0 Å². The highest BCUT2D eigenvalue weighted by Gasteiger charge is 2.21. The molecular formula is C7H15N2P. The number of hydrogen-bond donors (Lipinski definition) is 2. The normalized spacial score (nSPS) is 24.1. The summed E-state index contributed by atoms with van der Waals surface area (Å²) >= 11 is 0. The van der Waals surface area contributed by atoms with Gasteiger partial charge in [-0.15, -0.1) is 9.24 Å². The highest BCUT2D eigenvalue weighted by Crippen LogP contribution is 2.18. The van der Waals surface area contributed by atoms with Crippen molar-refractivity contribution in [2.24, 2.45) is 0 Å². The molecule has 0 bridgehead atoms. The molecule has 0 radical (unpaired) electrons. The van der Waals surface area contributed by atoms with Crippen molar-refractivity contribution in [1.29, 1.82) is 10.8 Å². The van der Waals surface area contributed by atoms with Crippen molar-refractivity contribution in [3.05, 3.63) is 0 Å². The molecule has 2 nitrogen and oxygen atoms in total. The molecule has 1 rings (SSSR count). The van der Waals surface area contributed by atoms with E-state index in [0.717, 1.165) is 12.8 Å². The molecule has 58 valence electrons. The maximum atomic E-state index is 7.22. The fraction of sp³-hybridized carbons (Fsp3) is 0.714. The maximum Gasteiger partial charge on any atom is 0.0589 e. The van der Waals surface area contributed by atoms with Crippen LogP contribution in [0.2, 0.25) is 0 Å². The van der Waals surface area contributed by atoms with Gasteiger partial charge in [0.15, 0.2) is 0 Å². The maximum absolute atomic E-state index is 7.22. The van der Waals surface area contributed by atoms with Gasteiger partial charge in [0.1, 0.15) is 0 Å². The van der Waals surface area contributed by atoms with Crippen LogP contribution in [0.4, 0.5) is 0 Å². The summed E-state index contributed by atoms with van der Waals surface area (Å²) in [6.45, 7) is 4.00. The molecule has 1 saturated carbocycles. The average molecular weight is 158 g/mol. The zero-order valence-electron chi connectivity index (χ0n) is 6.57. The fourth-order valence-corrected chi connectivity index (χ4v) is 1.17. The first-order valence-electron chi connectivity index (χ1n) is 3.63. The van der Waals surface area contributed by atoms with Crippen molar-refractivity contribution in [3.8, 4) is 0 Å². The summed E-state index contributed by atoms with van der Waals surface area (Å²) in [5.41, 5.74) is 1.29. The monoisotopic (exact) mass is 158 g/mol. The summed E-state index contributed by atoms with van der Waals surface area (Å²) in [5, 5.41) is 14.4. The summed E-state index contributed by atoms with van der Waals surface area (Å²) < 4.78 is 0. The minimum atomic E-state index is 0.266. The molecule has 2 N–H and O–H groups in total. The first-order chi connectivity index (χ1) is 4.72. The van der Waals surface area contributed by atoms with Crippen molar-refractivity contribution in [2.45, 2.75) is 32.3 Å². The third-order valence-electron chi connectivity index (χ3n) is 1.40. The van der Waals surface area contributed by atoms with Crippen LogP contribution in [0.3, 0.4) is 0 Å². The lowest BCUT2D eigenvalue weighted by Crippen LogP contribution is -2.09. The van der Waals surface area contributed by atoms with Crippen LogP contribution in [-0.2, 0) is 0 Å². The standard InChI is InChI=1S/C5H9N2P.C2H6/c6-3-1-2-4(8)5(3)7;1-2/h4,6-7H,1-2,8H2;1-2H3. The predicted octanol–water partition coefficient (Wildman–Crippen LogP) is 2.09. The van der Waals surface area contributed by atoms with E-state index in [4.69, 9.17) is 10.8 Å². The zero-order chi connectivity index (χ0) is 8.15. The Hall–Kier alpha value is -0.230. The topological polar surface area (TPSA) is 47.7 Å². The Labute approximate surface area is 64.6 Å². The molecule has 0 spiro atoms. The Morgan fingerprint density at radius 3 is 2.00 bits per heavy atom. The molecular weight excluding hydrogens is 143 g/mol. The minimum Gasteiger partial charge on any atom is -0.303 e. The van der Waals surface area contributed by atoms with Crippen molar-refractivity contribution in [3.63, 3.8) is 0 Å². The van der Waals surface area contributed by atoms with Gasteiger partial charge < -0.3 is 10.8 Å². The van der Waals surface area contributed by atoms with Crippen LogP contribution in [0.25, 0.3) is 0 Å². The van der Waals surface area contributed by atoms with Crippen molar-refractivity contribution in [1.82, 2.24) is 0 Å². The molecule has 3 heteroatoms. The van der Waals surface area contributed by atoms with Crippen molar-refractivity contribution >= 4 is 20.7 Å². The van der Waals surface area contributed by atoms with Crippen LogP contribution < -0.4 is 0 Å². The van der Waals surface area contributed by atoms with E-state index < -0.39 is 0 Å². The summed E-state index contributed by atoms with van der Waals surface area (Å²) in [6.07, 6.45) is 1.77. The van der Waals surface area contributed by atoms with E-state index in [-0.39, 0.29) is 5.66 Å². The number of nitrogens with one attached hydrogen (secondary N) is 2. The first-order valence-corrected chi connectivity index (χ1v) is 4.30. The Kier molecular flexibility index (Phi) is 4.46. The summed E-state index contributed by atoms with van der Waals surface area (Å²) in [5.74, 6) is 0. The van der Waals surface area contributed by atoms with Gasteiger partial charge in [0, 0.05) is 5.66 Å². The van der Waals surface area contributed by atoms with Crippen LogP contribution in [-0.4, -0.2) is 17.1 Å². The molecule has 2 atom stereocenters. The van der Waals surface area contributed by atoms with Gasteiger partial charge in [0.05, 0.1) is 11.4 Å². The second kappa shape index (κ2) is 4.56. The molecule has 0 heterocycles. The Morgan fingerprint density at radius 2 is 1.90 bits per heavy atom. The third-order valence-corrected chi connectivity index (χ3v) is 2.07. The zero-order valence-corrected chi connectivity index (χ0v) is 7.72. The highest BCUT2D eigenvalue weighted by atomic mass is 31.0. The van der Waals surface area contributed by atoms with Crippen molar-refractivity contribution in [2.75, 3.05) is 0 Å². The Morgan fingerprint density at radius 1 is 1.40 bits per heavy atom. The lowest BCUT2D eigenvalue weighted by Gasteiger charge is -1.95. The first kappa shape index (κ1) is 9.77. The summed E-state index contributed by atoms with van der Waals surface area (Å²) in [4.78, 5) is 0. The molecule has 0 amide bonds. The second-order valence-corrected chi connectivity index (χ2v) is 2.84. The largest absolute Gasteiger partial charge is 0.303 e. The van der Waals surface area contributed by atoms with E-state index in [1.165, 1.54) is 0 Å². The van der Waals surface area contributed by atoms with Crippen LogP contribution in [0.1, 0.15) is 26.7 Å². The molecule has 10 heavy (non-hydrogen) atoms. The number of rotatable bonds is 0. The van der Waals surface area contributed by atoms with Gasteiger partial charge in [-0.3, -0.25) is 0 Å². The van der Waals surface area contributed by atoms with Crippen LogP contribution in [0, 0.1) is 10.8 Å². The molecule has 0 saturated heterocycles. The van der Waals surface area contributed by atoms with Crippen LogP contribution >= 0.6 is 9.24 Å². The molecule has 1 aliphatic carbocycles. The molecule has 0 aromatic heterocycles. The van der Waals surface area contributed by atoms with E-state index in [0.29, 0.717) is 11.4 Å². The van der Waals surface area contributed by atoms with E-state index >= 15 is 0 Å². The van der Waals surface area contributed by atoms with Gasteiger partial charge in [-0.05, 0) is 12.8 Å². The summed E-state index contributed by atoms with van der Waals surface area (Å²) in [6, 6.07) is 0. The molecule has 0 aromatic carbocycles. The van der Waals surface area contributed by atoms with E-state index in [9.17, 15) is 0 Å². The lowest BCUT2D eigenvalue weighted by molar-refractivity contribution is 0.986. The van der Waals surface area contributed by atoms with E-state index in [1.54, 1.807) is 0 Å². The molecule has 1 fully saturated rings. The van der Waals surface area contributed by atoms with Gasteiger partial charge in [-0.25, -0.2) is 0 Å². The van der Waals surface area contributed by atoms with E-state index in [1.807, 2.05) is 13.8 Å². The molecule has 0 aromatic rings. The van der Waals surface area contributed by atoms with Gasteiger partial charge in [0.25, 0.3) is 0 Å². The molecule has 0 aliphatic heterocycles. The smallest absolute Gasteiger partial charge is 0.0589 e. The minimum absolute atomic E-state index is 0.266. The average Bonchev–Trinajstić information content (AvgIpc) is 2.25. The second-order valence-electron chi connectivity index (χ2n) is 2.04. The summed E-state index contributed by atoms with van der Waals surface area (Å²) in [7, 11) is 2.57. The highest BCUT2D eigenvalue weighted by molar-refractivity contribution is 7.20. The quantitative estimate of drug-likeness (QED) is 0.507.